The van der Waals surface area contributed by atoms with E-state index in [1.807, 2.05) is 0 Å². The molecule has 1 rings (SSSR count). The van der Waals surface area contributed by atoms with Crippen LogP contribution in [0, 0.1) is 12.7 Å². The van der Waals surface area contributed by atoms with E-state index in [0.717, 1.165) is 6.07 Å². The molecular formula is C10H10BrFN2O3. The van der Waals surface area contributed by atoms with Gasteiger partial charge in [-0.3, -0.25) is 4.79 Å². The van der Waals surface area contributed by atoms with Crippen molar-refractivity contribution >= 4 is 33.6 Å². The number of hydrogen-bond donors (Lipinski definition) is 3. The van der Waals surface area contributed by atoms with E-state index < -0.39 is 24.4 Å². The van der Waals surface area contributed by atoms with Gasteiger partial charge in [-0.15, -0.1) is 0 Å². The van der Waals surface area contributed by atoms with Crippen LogP contribution in [0.3, 0.4) is 0 Å². The van der Waals surface area contributed by atoms with Crippen LogP contribution >= 0.6 is 15.9 Å². The first-order chi connectivity index (χ1) is 7.90. The van der Waals surface area contributed by atoms with E-state index in [1.165, 1.54) is 6.07 Å². The van der Waals surface area contributed by atoms with Crippen molar-refractivity contribution in [2.75, 3.05) is 11.9 Å². The summed E-state index contributed by atoms with van der Waals surface area (Å²) >= 11 is 3.02. The van der Waals surface area contributed by atoms with Gasteiger partial charge in [0.05, 0.1) is 4.47 Å². The van der Waals surface area contributed by atoms with Crippen molar-refractivity contribution in [3.05, 3.63) is 28.0 Å². The molecule has 0 saturated carbocycles. The molecule has 3 N–H and O–H groups in total. The number of halogens is 2. The SMILES string of the molecule is Cc1cc(Br)c(F)cc1NC(=O)NCC(=O)O. The molecule has 5 nitrogen and oxygen atoms in total. The average molecular weight is 305 g/mol. The van der Waals surface area contributed by atoms with Gasteiger partial charge in [0.1, 0.15) is 12.4 Å². The molecule has 1 aromatic rings. The van der Waals surface area contributed by atoms with Crippen molar-refractivity contribution in [2.24, 2.45) is 0 Å². The number of aryl methyl sites for hydroxylation is 1. The zero-order chi connectivity index (χ0) is 13.0. The number of aliphatic carboxylic acids is 1. The average Bonchev–Trinajstić information content (AvgIpc) is 2.23. The first kappa shape index (κ1) is 13.4. The van der Waals surface area contributed by atoms with Gasteiger partial charge in [0.15, 0.2) is 0 Å². The standard InChI is InChI=1S/C10H10BrFN2O3/c1-5-2-6(11)7(12)3-8(5)14-10(17)13-4-9(15)16/h2-3H,4H2,1H3,(H,15,16)(H2,13,14,17). The van der Waals surface area contributed by atoms with Gasteiger partial charge in [-0.25, -0.2) is 9.18 Å². The third-order valence-electron chi connectivity index (χ3n) is 1.92. The predicted octanol–water partition coefficient (Wildman–Crippen LogP) is 2.10. The summed E-state index contributed by atoms with van der Waals surface area (Å²) in [7, 11) is 0. The molecule has 0 aliphatic rings. The van der Waals surface area contributed by atoms with Gasteiger partial charge in [-0.05, 0) is 40.5 Å². The maximum atomic E-state index is 13.2. The molecule has 92 valence electrons. The van der Waals surface area contributed by atoms with Crippen molar-refractivity contribution in [1.82, 2.24) is 5.32 Å². The number of amides is 2. The molecule has 0 atom stereocenters. The van der Waals surface area contributed by atoms with Gasteiger partial charge in [0.2, 0.25) is 0 Å². The predicted molar refractivity (Wildman–Crippen MR) is 63.5 cm³/mol. The molecule has 0 unspecified atom stereocenters. The maximum absolute atomic E-state index is 13.2. The molecule has 0 aliphatic heterocycles. The fourth-order valence-electron chi connectivity index (χ4n) is 1.10. The van der Waals surface area contributed by atoms with E-state index in [9.17, 15) is 14.0 Å². The summed E-state index contributed by atoms with van der Waals surface area (Å²) in [5.41, 5.74) is 0.942. The maximum Gasteiger partial charge on any atom is 0.323 e. The summed E-state index contributed by atoms with van der Waals surface area (Å²) in [5.74, 6) is -1.66. The van der Waals surface area contributed by atoms with Gasteiger partial charge >= 0.3 is 12.0 Å². The van der Waals surface area contributed by atoms with Crippen LogP contribution in [0.2, 0.25) is 0 Å². The number of nitrogens with one attached hydrogen (secondary N) is 2. The van der Waals surface area contributed by atoms with E-state index in [-0.39, 0.29) is 5.69 Å². The second kappa shape index (κ2) is 5.62. The molecule has 2 amide bonds. The number of carboxylic acid groups (broad SMARTS) is 1. The Hall–Kier alpha value is -1.63. The molecule has 0 spiro atoms. The Labute approximate surface area is 105 Å². The van der Waals surface area contributed by atoms with Gasteiger partial charge in [0, 0.05) is 5.69 Å². The van der Waals surface area contributed by atoms with Crippen LogP contribution in [0.15, 0.2) is 16.6 Å². The summed E-state index contributed by atoms with van der Waals surface area (Å²) in [4.78, 5) is 21.5. The monoisotopic (exact) mass is 304 g/mol. The van der Waals surface area contributed by atoms with Crippen molar-refractivity contribution < 1.29 is 19.1 Å². The van der Waals surface area contributed by atoms with Crippen LogP contribution in [0.1, 0.15) is 5.56 Å². The molecular weight excluding hydrogens is 295 g/mol. The summed E-state index contributed by atoms with van der Waals surface area (Å²) < 4.78 is 13.5. The number of anilines is 1. The first-order valence-electron chi connectivity index (χ1n) is 4.62. The lowest BCUT2D eigenvalue weighted by molar-refractivity contribution is -0.135. The lowest BCUT2D eigenvalue weighted by Gasteiger charge is -2.09. The fraction of sp³-hybridized carbons (Fsp3) is 0.200. The zero-order valence-electron chi connectivity index (χ0n) is 8.88. The smallest absolute Gasteiger partial charge is 0.323 e. The van der Waals surface area contributed by atoms with E-state index in [2.05, 4.69) is 26.6 Å². The van der Waals surface area contributed by atoms with Crippen LogP contribution in [-0.4, -0.2) is 23.7 Å². The van der Waals surface area contributed by atoms with Crippen molar-refractivity contribution in [2.45, 2.75) is 6.92 Å². The Morgan fingerprint density at radius 1 is 1.47 bits per heavy atom. The Bertz CT molecular complexity index is 465. The lowest BCUT2D eigenvalue weighted by atomic mass is 10.2. The highest BCUT2D eigenvalue weighted by molar-refractivity contribution is 9.10. The topological polar surface area (TPSA) is 78.4 Å². The number of carbonyl (C=O) groups is 2. The molecule has 1 aromatic carbocycles. The summed E-state index contributed by atoms with van der Waals surface area (Å²) in [6.45, 7) is 1.20. The molecule has 0 aromatic heterocycles. The van der Waals surface area contributed by atoms with Crippen LogP contribution in [0.5, 0.6) is 0 Å². The van der Waals surface area contributed by atoms with E-state index in [4.69, 9.17) is 5.11 Å². The summed E-state index contributed by atoms with van der Waals surface area (Å²) in [6, 6.07) is 1.97. The van der Waals surface area contributed by atoms with E-state index >= 15 is 0 Å². The Balaban J connectivity index is 2.71. The Kier molecular flexibility index (Phi) is 4.45. The largest absolute Gasteiger partial charge is 0.480 e. The summed E-state index contributed by atoms with van der Waals surface area (Å²) in [6.07, 6.45) is 0. The minimum atomic E-state index is -1.15. The van der Waals surface area contributed by atoms with Gasteiger partial charge in [0.25, 0.3) is 0 Å². The fourth-order valence-corrected chi connectivity index (χ4v) is 1.56. The summed E-state index contributed by atoms with van der Waals surface area (Å²) in [5, 5.41) is 12.8. The van der Waals surface area contributed by atoms with Gasteiger partial charge in [-0.2, -0.15) is 0 Å². The van der Waals surface area contributed by atoms with Gasteiger partial charge in [-0.1, -0.05) is 0 Å². The number of carbonyl (C=O) groups excluding carboxylic acids is 1. The molecule has 0 saturated heterocycles. The highest BCUT2D eigenvalue weighted by Gasteiger charge is 2.09. The molecule has 7 heteroatoms. The third-order valence-corrected chi connectivity index (χ3v) is 2.52. The molecule has 0 bridgehead atoms. The molecule has 0 fully saturated rings. The molecule has 17 heavy (non-hydrogen) atoms. The minimum absolute atomic E-state index is 0.286. The normalized spacial score (nSPS) is 9.82. The number of benzene rings is 1. The second-order valence-corrected chi connectivity index (χ2v) is 4.14. The zero-order valence-corrected chi connectivity index (χ0v) is 10.5. The quantitative estimate of drug-likeness (QED) is 0.800. The number of hydrogen-bond acceptors (Lipinski definition) is 2. The first-order valence-corrected chi connectivity index (χ1v) is 5.41. The number of urea groups is 1. The van der Waals surface area contributed by atoms with Gasteiger partial charge < -0.3 is 15.7 Å². The van der Waals surface area contributed by atoms with Crippen LogP contribution in [-0.2, 0) is 4.79 Å². The van der Waals surface area contributed by atoms with E-state index in [1.54, 1.807) is 6.92 Å². The Morgan fingerprint density at radius 3 is 2.71 bits per heavy atom. The minimum Gasteiger partial charge on any atom is -0.480 e. The van der Waals surface area contributed by atoms with Crippen LogP contribution < -0.4 is 10.6 Å². The second-order valence-electron chi connectivity index (χ2n) is 3.28. The number of rotatable bonds is 3. The van der Waals surface area contributed by atoms with Crippen molar-refractivity contribution in [3.63, 3.8) is 0 Å². The Morgan fingerprint density at radius 2 is 2.12 bits per heavy atom. The highest BCUT2D eigenvalue weighted by Crippen LogP contribution is 2.23. The van der Waals surface area contributed by atoms with Crippen LogP contribution in [0.25, 0.3) is 0 Å². The van der Waals surface area contributed by atoms with Crippen molar-refractivity contribution in [1.29, 1.82) is 0 Å². The highest BCUT2D eigenvalue weighted by atomic mass is 79.9. The van der Waals surface area contributed by atoms with Crippen molar-refractivity contribution in [3.8, 4) is 0 Å². The van der Waals surface area contributed by atoms with E-state index in [0.29, 0.717) is 10.0 Å². The molecule has 0 radical (unpaired) electrons. The third kappa shape index (κ3) is 4.03. The van der Waals surface area contributed by atoms with Crippen LogP contribution in [0.4, 0.5) is 14.9 Å². The number of carboxylic acids is 1. The molecule has 0 aliphatic carbocycles. The lowest BCUT2D eigenvalue weighted by Crippen LogP contribution is -2.33. The molecule has 0 heterocycles.